The van der Waals surface area contributed by atoms with Crippen LogP contribution in [0.2, 0.25) is 0 Å². The zero-order valence-electron chi connectivity index (χ0n) is 15.8. The van der Waals surface area contributed by atoms with E-state index in [2.05, 4.69) is 29.6 Å². The summed E-state index contributed by atoms with van der Waals surface area (Å²) in [6.07, 6.45) is 0.521. The molecule has 5 nitrogen and oxygen atoms in total. The van der Waals surface area contributed by atoms with Gasteiger partial charge in [0.15, 0.2) is 11.5 Å². The first-order chi connectivity index (χ1) is 13.2. The van der Waals surface area contributed by atoms with Crippen molar-refractivity contribution in [1.29, 1.82) is 0 Å². The third kappa shape index (κ3) is 5.39. The second-order valence-corrected chi connectivity index (χ2v) is 7.63. The van der Waals surface area contributed by atoms with Crippen LogP contribution in [0.3, 0.4) is 0 Å². The molecule has 0 fully saturated rings. The Morgan fingerprint density at radius 3 is 2.78 bits per heavy atom. The first-order valence-corrected chi connectivity index (χ1v) is 10.1. The molecule has 0 spiro atoms. The molecule has 3 rings (SSSR count). The number of hydrogen-bond acceptors (Lipinski definition) is 6. The summed E-state index contributed by atoms with van der Waals surface area (Å²) < 4.78 is 16.2. The molecule has 2 unspecified atom stereocenters. The van der Waals surface area contributed by atoms with Crippen LogP contribution in [0, 0.1) is 0 Å². The van der Waals surface area contributed by atoms with Crippen molar-refractivity contribution in [2.24, 2.45) is 0 Å². The number of benzene rings is 2. The molecule has 2 aromatic carbocycles. The standard InChI is InChI=1S/C21H27NO4S/c1-24-19-8-7-15(11-20(19)25-2)13-26-14-16(23)12-22-18-9-10-27-21-6-4-3-5-17(18)21/h3-8,11,16,18,22-23H,9-10,12-14H2,1-2H3. The molecule has 0 radical (unpaired) electrons. The van der Waals surface area contributed by atoms with Crippen molar-refractivity contribution >= 4 is 11.8 Å². The van der Waals surface area contributed by atoms with Gasteiger partial charge in [-0.1, -0.05) is 24.3 Å². The molecule has 1 heterocycles. The van der Waals surface area contributed by atoms with Gasteiger partial charge in [-0.05, 0) is 41.5 Å². The molecule has 2 aromatic rings. The van der Waals surface area contributed by atoms with Gasteiger partial charge in [0.1, 0.15) is 0 Å². The minimum Gasteiger partial charge on any atom is -0.493 e. The third-order valence-electron chi connectivity index (χ3n) is 4.59. The lowest BCUT2D eigenvalue weighted by Crippen LogP contribution is -2.34. The lowest BCUT2D eigenvalue weighted by atomic mass is 10.0. The van der Waals surface area contributed by atoms with Crippen molar-refractivity contribution in [3.05, 3.63) is 53.6 Å². The summed E-state index contributed by atoms with van der Waals surface area (Å²) in [6, 6.07) is 14.4. The van der Waals surface area contributed by atoms with Crippen LogP contribution in [-0.2, 0) is 11.3 Å². The topological polar surface area (TPSA) is 60.0 Å². The third-order valence-corrected chi connectivity index (χ3v) is 5.71. The van der Waals surface area contributed by atoms with Gasteiger partial charge < -0.3 is 24.6 Å². The lowest BCUT2D eigenvalue weighted by Gasteiger charge is -2.27. The van der Waals surface area contributed by atoms with Gasteiger partial charge in [0.25, 0.3) is 0 Å². The molecular weight excluding hydrogens is 362 g/mol. The Balaban J connectivity index is 1.44. The van der Waals surface area contributed by atoms with Crippen LogP contribution in [0.25, 0.3) is 0 Å². The van der Waals surface area contributed by atoms with Crippen molar-refractivity contribution in [3.8, 4) is 11.5 Å². The van der Waals surface area contributed by atoms with Crippen LogP contribution in [0.15, 0.2) is 47.4 Å². The molecule has 0 aromatic heterocycles. The summed E-state index contributed by atoms with van der Waals surface area (Å²) in [5, 5.41) is 13.7. The van der Waals surface area contributed by atoms with Gasteiger partial charge in [-0.3, -0.25) is 0 Å². The summed E-state index contributed by atoms with van der Waals surface area (Å²) in [7, 11) is 3.22. The van der Waals surface area contributed by atoms with E-state index in [9.17, 15) is 5.11 Å². The number of hydrogen-bond donors (Lipinski definition) is 2. The molecule has 0 saturated heterocycles. The average molecular weight is 390 g/mol. The van der Waals surface area contributed by atoms with Crippen LogP contribution >= 0.6 is 11.8 Å². The minimum absolute atomic E-state index is 0.282. The van der Waals surface area contributed by atoms with Gasteiger partial charge in [0.2, 0.25) is 0 Å². The zero-order chi connectivity index (χ0) is 19.1. The van der Waals surface area contributed by atoms with Gasteiger partial charge in [-0.2, -0.15) is 0 Å². The highest BCUT2D eigenvalue weighted by molar-refractivity contribution is 7.99. The van der Waals surface area contributed by atoms with Crippen LogP contribution in [0.1, 0.15) is 23.6 Å². The molecule has 0 bridgehead atoms. The van der Waals surface area contributed by atoms with E-state index in [0.29, 0.717) is 30.7 Å². The number of nitrogens with one attached hydrogen (secondary N) is 1. The maximum atomic E-state index is 10.3. The molecule has 0 aliphatic carbocycles. The highest BCUT2D eigenvalue weighted by Crippen LogP contribution is 2.35. The predicted octanol–water partition coefficient (Wildman–Crippen LogP) is 3.41. The summed E-state index contributed by atoms with van der Waals surface area (Å²) in [5.41, 5.74) is 2.30. The van der Waals surface area contributed by atoms with Crippen LogP contribution in [0.5, 0.6) is 11.5 Å². The second kappa shape index (κ2) is 9.99. The number of thioether (sulfide) groups is 1. The molecule has 1 aliphatic heterocycles. The van der Waals surface area contributed by atoms with Crippen molar-refractivity contribution in [2.75, 3.05) is 33.1 Å². The zero-order valence-corrected chi connectivity index (χ0v) is 16.6. The van der Waals surface area contributed by atoms with E-state index in [4.69, 9.17) is 14.2 Å². The molecule has 146 valence electrons. The van der Waals surface area contributed by atoms with Crippen molar-refractivity contribution < 1.29 is 19.3 Å². The van der Waals surface area contributed by atoms with E-state index >= 15 is 0 Å². The average Bonchev–Trinajstić information content (AvgIpc) is 2.72. The SMILES string of the molecule is COc1ccc(COCC(O)CNC2CCSc3ccccc32)cc1OC. The summed E-state index contributed by atoms with van der Waals surface area (Å²) in [4.78, 5) is 1.33. The Labute approximate surface area is 165 Å². The van der Waals surface area contributed by atoms with Gasteiger partial charge in [-0.25, -0.2) is 0 Å². The van der Waals surface area contributed by atoms with Crippen molar-refractivity contribution in [1.82, 2.24) is 5.32 Å². The van der Waals surface area contributed by atoms with Gasteiger partial charge in [-0.15, -0.1) is 11.8 Å². The Bertz CT molecular complexity index is 740. The Morgan fingerprint density at radius 1 is 1.15 bits per heavy atom. The van der Waals surface area contributed by atoms with E-state index in [1.54, 1.807) is 14.2 Å². The Kier molecular flexibility index (Phi) is 7.41. The van der Waals surface area contributed by atoms with Crippen molar-refractivity contribution in [2.45, 2.75) is 30.1 Å². The van der Waals surface area contributed by atoms with E-state index < -0.39 is 6.10 Å². The normalized spacial score (nSPS) is 17.2. The van der Waals surface area contributed by atoms with Crippen LogP contribution < -0.4 is 14.8 Å². The first kappa shape index (κ1) is 20.0. The number of fused-ring (bicyclic) bond motifs is 1. The Hall–Kier alpha value is -1.73. The Morgan fingerprint density at radius 2 is 1.96 bits per heavy atom. The highest BCUT2D eigenvalue weighted by atomic mass is 32.2. The minimum atomic E-state index is -0.549. The fraction of sp³-hybridized carbons (Fsp3) is 0.429. The number of aliphatic hydroxyl groups is 1. The molecule has 6 heteroatoms. The molecule has 2 N–H and O–H groups in total. The number of ether oxygens (including phenoxy) is 3. The summed E-state index contributed by atoms with van der Waals surface area (Å²) >= 11 is 1.90. The molecule has 1 aliphatic rings. The van der Waals surface area contributed by atoms with Crippen LogP contribution in [0.4, 0.5) is 0 Å². The molecule has 0 amide bonds. The van der Waals surface area contributed by atoms with Gasteiger partial charge in [0, 0.05) is 17.5 Å². The lowest BCUT2D eigenvalue weighted by molar-refractivity contribution is 0.0274. The summed E-state index contributed by atoms with van der Waals surface area (Å²) in [5.74, 6) is 2.46. The van der Waals surface area contributed by atoms with Crippen molar-refractivity contribution in [3.63, 3.8) is 0 Å². The fourth-order valence-corrected chi connectivity index (χ4v) is 4.30. The van der Waals surface area contributed by atoms with Gasteiger partial charge in [0.05, 0.1) is 33.5 Å². The number of rotatable bonds is 9. The smallest absolute Gasteiger partial charge is 0.161 e. The van der Waals surface area contributed by atoms with Gasteiger partial charge >= 0.3 is 0 Å². The van der Waals surface area contributed by atoms with E-state index in [1.165, 1.54) is 10.5 Å². The quantitative estimate of drug-likeness (QED) is 0.685. The molecule has 2 atom stereocenters. The maximum Gasteiger partial charge on any atom is 0.161 e. The first-order valence-electron chi connectivity index (χ1n) is 9.13. The largest absolute Gasteiger partial charge is 0.493 e. The van der Waals surface area contributed by atoms with Crippen LogP contribution in [-0.4, -0.2) is 44.3 Å². The monoisotopic (exact) mass is 389 g/mol. The van der Waals surface area contributed by atoms with E-state index in [0.717, 1.165) is 17.7 Å². The maximum absolute atomic E-state index is 10.3. The van der Waals surface area contributed by atoms with E-state index in [-0.39, 0.29) is 6.61 Å². The highest BCUT2D eigenvalue weighted by Gasteiger charge is 2.20. The second-order valence-electron chi connectivity index (χ2n) is 6.49. The van der Waals surface area contributed by atoms with E-state index in [1.807, 2.05) is 30.0 Å². The number of methoxy groups -OCH3 is 2. The molecule has 27 heavy (non-hydrogen) atoms. The molecular formula is C21H27NO4S. The predicted molar refractivity (Wildman–Crippen MR) is 108 cm³/mol. The number of aliphatic hydroxyl groups excluding tert-OH is 1. The molecule has 0 saturated carbocycles. The summed E-state index contributed by atoms with van der Waals surface area (Å²) in [6.45, 7) is 1.21. The fourth-order valence-electron chi connectivity index (χ4n) is 3.17.